The lowest BCUT2D eigenvalue weighted by atomic mass is 10.1. The maximum absolute atomic E-state index is 11.1. The van der Waals surface area contributed by atoms with E-state index in [0.717, 1.165) is 5.56 Å². The van der Waals surface area contributed by atoms with Crippen LogP contribution in [-0.2, 0) is 6.61 Å². The van der Waals surface area contributed by atoms with Gasteiger partial charge in [-0.1, -0.05) is 6.07 Å². The summed E-state index contributed by atoms with van der Waals surface area (Å²) >= 11 is 0. The number of nitrogens with zero attached hydrogens (tertiary/aromatic N) is 2. The largest absolute Gasteiger partial charge is 0.489 e. The molecule has 2 rings (SSSR count). The molecule has 0 fully saturated rings. The van der Waals surface area contributed by atoms with Gasteiger partial charge in [-0.25, -0.2) is 4.98 Å². The fraction of sp³-hybridized carbons (Fsp3) is 0.133. The summed E-state index contributed by atoms with van der Waals surface area (Å²) in [6, 6.07) is 12.5. The van der Waals surface area contributed by atoms with Crippen LogP contribution in [0.5, 0.6) is 5.75 Å². The van der Waals surface area contributed by atoms with Crippen LogP contribution < -0.4 is 4.74 Å². The van der Waals surface area contributed by atoms with Crippen molar-refractivity contribution in [3.05, 3.63) is 59.4 Å². The molecule has 0 N–H and O–H groups in total. The zero-order chi connectivity index (χ0) is 13.7. The van der Waals surface area contributed by atoms with E-state index in [1.165, 1.54) is 6.92 Å². The van der Waals surface area contributed by atoms with Gasteiger partial charge < -0.3 is 4.74 Å². The average Bonchev–Trinajstić information content (AvgIpc) is 2.45. The van der Waals surface area contributed by atoms with Crippen molar-refractivity contribution < 1.29 is 9.53 Å². The first-order valence-corrected chi connectivity index (χ1v) is 5.78. The highest BCUT2D eigenvalue weighted by Gasteiger charge is 2.04. The summed E-state index contributed by atoms with van der Waals surface area (Å²) in [6.45, 7) is 1.79. The second-order valence-electron chi connectivity index (χ2n) is 3.99. The number of hydrogen-bond acceptors (Lipinski definition) is 4. The van der Waals surface area contributed by atoms with Gasteiger partial charge in [0.05, 0.1) is 0 Å². The van der Waals surface area contributed by atoms with E-state index in [4.69, 9.17) is 10.00 Å². The molecule has 0 aliphatic carbocycles. The molecule has 0 aliphatic heterocycles. The molecule has 94 valence electrons. The number of ketones is 1. The molecular formula is C15H12N2O2. The minimum absolute atomic E-state index is 0.0191. The summed E-state index contributed by atoms with van der Waals surface area (Å²) in [5, 5.41) is 8.91. The van der Waals surface area contributed by atoms with Gasteiger partial charge in [0.1, 0.15) is 24.1 Å². The van der Waals surface area contributed by atoms with E-state index in [2.05, 4.69) is 4.98 Å². The number of Topliss-reactive ketones (excluding diaryl/α,β-unsaturated/α-hetero) is 1. The second-order valence-corrected chi connectivity index (χ2v) is 3.99. The molecule has 0 saturated heterocycles. The molecule has 0 aliphatic rings. The Balaban J connectivity index is 2.06. The van der Waals surface area contributed by atoms with Crippen molar-refractivity contribution >= 4 is 5.78 Å². The number of benzene rings is 1. The van der Waals surface area contributed by atoms with Gasteiger partial charge in [0.15, 0.2) is 5.78 Å². The minimum atomic E-state index is 0.0191. The van der Waals surface area contributed by atoms with Gasteiger partial charge in [0, 0.05) is 17.3 Å². The van der Waals surface area contributed by atoms with E-state index in [1.807, 2.05) is 6.07 Å². The maximum atomic E-state index is 11.1. The van der Waals surface area contributed by atoms with Crippen LogP contribution in [-0.4, -0.2) is 10.8 Å². The summed E-state index contributed by atoms with van der Waals surface area (Å²) in [7, 11) is 0. The third-order valence-electron chi connectivity index (χ3n) is 2.65. The van der Waals surface area contributed by atoms with E-state index < -0.39 is 0 Å². The van der Waals surface area contributed by atoms with Crippen LogP contribution in [0.3, 0.4) is 0 Å². The Kier molecular flexibility index (Phi) is 3.89. The highest BCUT2D eigenvalue weighted by molar-refractivity contribution is 5.94. The van der Waals surface area contributed by atoms with Crippen LogP contribution in [0.15, 0.2) is 42.6 Å². The summed E-state index contributed by atoms with van der Waals surface area (Å²) < 4.78 is 5.57. The number of aromatic nitrogens is 1. The molecule has 2 aromatic rings. The Labute approximate surface area is 111 Å². The average molecular weight is 252 g/mol. The summed E-state index contributed by atoms with van der Waals surface area (Å²) in [4.78, 5) is 15.1. The summed E-state index contributed by atoms with van der Waals surface area (Å²) in [5.41, 5.74) is 1.75. The third kappa shape index (κ3) is 3.17. The Morgan fingerprint density at radius 2 is 2.05 bits per heavy atom. The normalized spacial score (nSPS) is 9.68. The molecular weight excluding hydrogens is 240 g/mol. The molecule has 0 bridgehead atoms. The van der Waals surface area contributed by atoms with Crippen LogP contribution in [0.25, 0.3) is 0 Å². The van der Waals surface area contributed by atoms with Gasteiger partial charge in [0.2, 0.25) is 0 Å². The number of carbonyl (C=O) groups is 1. The van der Waals surface area contributed by atoms with Gasteiger partial charge in [0.25, 0.3) is 0 Å². The monoisotopic (exact) mass is 252 g/mol. The van der Waals surface area contributed by atoms with Crippen molar-refractivity contribution in [2.45, 2.75) is 13.5 Å². The molecule has 0 saturated carbocycles. The van der Waals surface area contributed by atoms with Crippen LogP contribution in [0, 0.1) is 11.3 Å². The van der Waals surface area contributed by atoms with Crippen molar-refractivity contribution in [3.63, 3.8) is 0 Å². The quantitative estimate of drug-likeness (QED) is 0.785. The van der Waals surface area contributed by atoms with Gasteiger partial charge in [-0.15, -0.1) is 0 Å². The number of hydrogen-bond donors (Lipinski definition) is 0. The highest BCUT2D eigenvalue weighted by Crippen LogP contribution is 2.15. The zero-order valence-electron chi connectivity index (χ0n) is 10.5. The fourth-order valence-corrected chi connectivity index (χ4v) is 1.60. The van der Waals surface area contributed by atoms with E-state index in [0.29, 0.717) is 17.0 Å². The lowest BCUT2D eigenvalue weighted by Gasteiger charge is -2.07. The van der Waals surface area contributed by atoms with E-state index in [-0.39, 0.29) is 12.4 Å². The first-order valence-electron chi connectivity index (χ1n) is 5.78. The lowest BCUT2D eigenvalue weighted by Crippen LogP contribution is -2.00. The topological polar surface area (TPSA) is 63.0 Å². The van der Waals surface area contributed by atoms with Crippen LogP contribution in [0.4, 0.5) is 0 Å². The molecule has 0 amide bonds. The second kappa shape index (κ2) is 5.78. The number of carbonyl (C=O) groups excluding carboxylic acids is 1. The van der Waals surface area contributed by atoms with Gasteiger partial charge in [-0.2, -0.15) is 5.26 Å². The van der Waals surface area contributed by atoms with Crippen molar-refractivity contribution in [2.75, 3.05) is 0 Å². The van der Waals surface area contributed by atoms with Gasteiger partial charge >= 0.3 is 0 Å². The lowest BCUT2D eigenvalue weighted by molar-refractivity contribution is 0.101. The number of pyridine rings is 1. The molecule has 1 heterocycles. The first-order chi connectivity index (χ1) is 9.20. The highest BCUT2D eigenvalue weighted by atomic mass is 16.5. The van der Waals surface area contributed by atoms with Gasteiger partial charge in [-0.05, 0) is 37.3 Å². The molecule has 19 heavy (non-hydrogen) atoms. The van der Waals surface area contributed by atoms with Crippen molar-refractivity contribution in [2.24, 2.45) is 0 Å². The van der Waals surface area contributed by atoms with Crippen LogP contribution in [0.2, 0.25) is 0 Å². The molecule has 1 aromatic carbocycles. The SMILES string of the molecule is CC(=O)c1ccc(OCc2cccnc2C#N)cc1. The molecule has 4 nitrogen and oxygen atoms in total. The molecule has 4 heteroatoms. The maximum Gasteiger partial charge on any atom is 0.159 e. The third-order valence-corrected chi connectivity index (χ3v) is 2.65. The molecule has 1 aromatic heterocycles. The van der Waals surface area contributed by atoms with E-state index in [9.17, 15) is 4.79 Å². The van der Waals surface area contributed by atoms with Crippen molar-refractivity contribution in [3.8, 4) is 11.8 Å². The number of ether oxygens (including phenoxy) is 1. The van der Waals surface area contributed by atoms with Crippen LogP contribution >= 0.6 is 0 Å². The summed E-state index contributed by atoms with van der Waals surface area (Å²) in [5.74, 6) is 0.670. The van der Waals surface area contributed by atoms with Gasteiger partial charge in [-0.3, -0.25) is 4.79 Å². The number of rotatable bonds is 4. The molecule has 0 atom stereocenters. The minimum Gasteiger partial charge on any atom is -0.489 e. The Hall–Kier alpha value is -2.67. The van der Waals surface area contributed by atoms with Crippen molar-refractivity contribution in [1.29, 1.82) is 5.26 Å². The Morgan fingerprint density at radius 3 is 2.68 bits per heavy atom. The number of nitriles is 1. The molecule has 0 radical (unpaired) electrons. The fourth-order valence-electron chi connectivity index (χ4n) is 1.60. The van der Waals surface area contributed by atoms with Crippen LogP contribution in [0.1, 0.15) is 28.5 Å². The van der Waals surface area contributed by atoms with E-state index >= 15 is 0 Å². The predicted molar refractivity (Wildman–Crippen MR) is 69.7 cm³/mol. The van der Waals surface area contributed by atoms with E-state index in [1.54, 1.807) is 42.6 Å². The molecule has 0 unspecified atom stereocenters. The van der Waals surface area contributed by atoms with Crippen molar-refractivity contribution in [1.82, 2.24) is 4.98 Å². The zero-order valence-corrected chi connectivity index (χ0v) is 10.5. The Morgan fingerprint density at radius 1 is 1.32 bits per heavy atom. The smallest absolute Gasteiger partial charge is 0.159 e. The molecule has 0 spiro atoms. The first kappa shape index (κ1) is 12.8. The standard InChI is InChI=1S/C15H12N2O2/c1-11(18)12-4-6-14(7-5-12)19-10-13-3-2-8-17-15(13)9-16/h2-8H,10H2,1H3. The summed E-state index contributed by atoms with van der Waals surface area (Å²) in [6.07, 6.45) is 1.57. The Bertz CT molecular complexity index is 627. The predicted octanol–water partition coefficient (Wildman–Crippen LogP) is 2.73.